The molecule has 0 radical (unpaired) electrons. The predicted octanol–water partition coefficient (Wildman–Crippen LogP) is 4.48. The molecule has 3 aliphatic heterocycles. The van der Waals surface area contributed by atoms with Gasteiger partial charge in [-0.1, -0.05) is 25.5 Å². The van der Waals surface area contributed by atoms with Crippen LogP contribution in [0.2, 0.25) is 0 Å². The number of amides is 1. The summed E-state index contributed by atoms with van der Waals surface area (Å²) in [4.78, 5) is 20.4. The number of likely N-dealkylation sites (tertiary alicyclic amines) is 1. The third-order valence-electron chi connectivity index (χ3n) is 9.50. The molecule has 1 unspecified atom stereocenters. The number of imidazole rings is 1. The van der Waals surface area contributed by atoms with Crippen molar-refractivity contribution in [1.29, 1.82) is 0 Å². The van der Waals surface area contributed by atoms with Gasteiger partial charge in [0.15, 0.2) is 0 Å². The standard InChI is InChI=1S/C30H48N4O5/c1-19(2)10-11-24-29(5,39-24)27-26(36-7)23(12-13-30(27)17-37-30)38-28(35)32-25(20(3)4)22-16-34(18-31-22)15-21-9-8-14-33(21)6/h10,16,18,20-21,23-27H,8-9,11-15,17H2,1-7H3,(H,32,35)/t21-,23-,24-,25+,26-,27?,29+,30+/m1/s1. The number of alkyl carbamates (subject to hydrolysis) is 1. The summed E-state index contributed by atoms with van der Waals surface area (Å²) in [6.45, 7) is 13.3. The number of aromatic nitrogens is 2. The SMILES string of the molecule is CO[C@H]1C([C@@]2(C)O[C@@H]2CC=C(C)C)[C@]2(CC[C@H]1OC(=O)N[C@H](c1cn(C[C@H]3CCCN3C)cn1)C(C)C)CO2. The van der Waals surface area contributed by atoms with Gasteiger partial charge in [0, 0.05) is 25.9 Å². The molecule has 4 heterocycles. The van der Waals surface area contributed by atoms with Crippen molar-refractivity contribution in [3.05, 3.63) is 29.9 Å². The number of likely N-dealkylation sites (N-methyl/N-ethyl adjacent to an activating group) is 1. The number of carbonyl (C=O) groups excluding carboxylic acids is 1. The molecule has 3 saturated heterocycles. The fourth-order valence-corrected chi connectivity index (χ4v) is 7.04. The van der Waals surface area contributed by atoms with Crippen LogP contribution >= 0.6 is 0 Å². The molecule has 8 atom stereocenters. The lowest BCUT2D eigenvalue weighted by atomic mass is 9.68. The molecule has 5 rings (SSSR count). The molecule has 39 heavy (non-hydrogen) atoms. The highest BCUT2D eigenvalue weighted by molar-refractivity contribution is 5.68. The average Bonchev–Trinajstić information content (AvgIpc) is 3.67. The van der Waals surface area contributed by atoms with Gasteiger partial charge in [-0.3, -0.25) is 0 Å². The van der Waals surface area contributed by atoms with Gasteiger partial charge in [0.1, 0.15) is 23.4 Å². The van der Waals surface area contributed by atoms with Crippen molar-refractivity contribution in [3.8, 4) is 0 Å². The first-order valence-corrected chi connectivity index (χ1v) is 14.7. The molecular weight excluding hydrogens is 496 g/mol. The number of nitrogens with zero attached hydrogens (tertiary/aromatic N) is 3. The topological polar surface area (TPSA) is 93.7 Å². The van der Waals surface area contributed by atoms with Gasteiger partial charge in [-0.25, -0.2) is 9.78 Å². The van der Waals surface area contributed by atoms with E-state index in [0.717, 1.165) is 31.6 Å². The van der Waals surface area contributed by atoms with Gasteiger partial charge in [-0.15, -0.1) is 0 Å². The molecule has 1 saturated carbocycles. The quantitative estimate of drug-likeness (QED) is 0.343. The Balaban J connectivity index is 1.24. The summed E-state index contributed by atoms with van der Waals surface area (Å²) >= 11 is 0. The summed E-state index contributed by atoms with van der Waals surface area (Å²) < 4.78 is 26.6. The van der Waals surface area contributed by atoms with Crippen LogP contribution in [0.3, 0.4) is 0 Å². The predicted molar refractivity (Wildman–Crippen MR) is 148 cm³/mol. The number of hydrogen-bond donors (Lipinski definition) is 1. The molecule has 0 bridgehead atoms. The normalized spacial score (nSPS) is 36.7. The second-order valence-electron chi connectivity index (χ2n) is 13.0. The summed E-state index contributed by atoms with van der Waals surface area (Å²) in [5.74, 6) is 0.160. The fourth-order valence-electron chi connectivity index (χ4n) is 7.04. The van der Waals surface area contributed by atoms with Gasteiger partial charge in [-0.05, 0) is 72.4 Å². The first-order valence-electron chi connectivity index (χ1n) is 14.7. The number of carbonyl (C=O) groups is 1. The lowest BCUT2D eigenvalue weighted by molar-refractivity contribution is -0.118. The Kier molecular flexibility index (Phi) is 8.17. The van der Waals surface area contributed by atoms with Crippen molar-refractivity contribution in [1.82, 2.24) is 19.8 Å². The highest BCUT2D eigenvalue weighted by atomic mass is 16.6. The van der Waals surface area contributed by atoms with Crippen LogP contribution in [-0.4, -0.2) is 83.4 Å². The molecule has 1 spiro atoms. The lowest BCUT2D eigenvalue weighted by Crippen LogP contribution is -2.56. The van der Waals surface area contributed by atoms with Crippen LogP contribution < -0.4 is 5.32 Å². The van der Waals surface area contributed by atoms with E-state index in [1.807, 2.05) is 6.33 Å². The van der Waals surface area contributed by atoms with Crippen LogP contribution in [-0.2, 0) is 25.5 Å². The fraction of sp³-hybridized carbons (Fsp3) is 0.800. The highest BCUT2D eigenvalue weighted by Crippen LogP contribution is 2.59. The second-order valence-corrected chi connectivity index (χ2v) is 13.0. The maximum atomic E-state index is 13.3. The molecule has 1 aliphatic carbocycles. The lowest BCUT2D eigenvalue weighted by Gasteiger charge is -2.42. The molecule has 1 aromatic rings. The molecule has 1 aromatic heterocycles. The van der Waals surface area contributed by atoms with E-state index >= 15 is 0 Å². The number of allylic oxidation sites excluding steroid dienone is 1. The zero-order chi connectivity index (χ0) is 27.9. The van der Waals surface area contributed by atoms with Crippen molar-refractivity contribution in [2.45, 2.75) is 115 Å². The maximum Gasteiger partial charge on any atom is 0.408 e. The number of methoxy groups -OCH3 is 1. The molecule has 0 aromatic carbocycles. The van der Waals surface area contributed by atoms with Crippen LogP contribution in [0, 0.1) is 11.8 Å². The van der Waals surface area contributed by atoms with Crippen molar-refractivity contribution >= 4 is 6.09 Å². The number of rotatable bonds is 10. The van der Waals surface area contributed by atoms with Crippen LogP contribution in [0.25, 0.3) is 0 Å². The Hall–Kier alpha value is -1.94. The maximum absolute atomic E-state index is 13.3. The van der Waals surface area contributed by atoms with Gasteiger partial charge >= 0.3 is 6.09 Å². The molecule has 1 N–H and O–H groups in total. The second kappa shape index (κ2) is 11.1. The van der Waals surface area contributed by atoms with Gasteiger partial charge in [0.25, 0.3) is 0 Å². The van der Waals surface area contributed by atoms with E-state index < -0.39 is 6.09 Å². The number of nitrogens with one attached hydrogen (secondary N) is 1. The van der Waals surface area contributed by atoms with E-state index in [2.05, 4.69) is 73.7 Å². The van der Waals surface area contributed by atoms with Crippen molar-refractivity contribution in [2.24, 2.45) is 11.8 Å². The van der Waals surface area contributed by atoms with Gasteiger partial charge in [0.05, 0.1) is 36.7 Å². The molecule has 1 amide bonds. The third-order valence-corrected chi connectivity index (χ3v) is 9.50. The zero-order valence-corrected chi connectivity index (χ0v) is 24.8. The number of epoxide rings is 2. The zero-order valence-electron chi connectivity index (χ0n) is 24.8. The van der Waals surface area contributed by atoms with E-state index in [-0.39, 0.29) is 47.4 Å². The minimum Gasteiger partial charge on any atom is -0.443 e. The largest absolute Gasteiger partial charge is 0.443 e. The summed E-state index contributed by atoms with van der Waals surface area (Å²) in [6, 6.07) is 0.293. The Labute approximate surface area is 233 Å². The van der Waals surface area contributed by atoms with Crippen molar-refractivity contribution in [2.75, 3.05) is 27.3 Å². The molecule has 218 valence electrons. The molecule has 9 nitrogen and oxygen atoms in total. The van der Waals surface area contributed by atoms with Crippen molar-refractivity contribution < 1.29 is 23.7 Å². The molecule has 9 heteroatoms. The minimum atomic E-state index is -0.430. The van der Waals surface area contributed by atoms with Gasteiger partial charge in [0.2, 0.25) is 0 Å². The Bertz CT molecular complexity index is 1050. The van der Waals surface area contributed by atoms with Crippen LogP contribution in [0.15, 0.2) is 24.2 Å². The Morgan fingerprint density at radius 2 is 2.10 bits per heavy atom. The minimum absolute atomic E-state index is 0.00225. The van der Waals surface area contributed by atoms with E-state index in [1.54, 1.807) is 7.11 Å². The Morgan fingerprint density at radius 1 is 1.33 bits per heavy atom. The summed E-state index contributed by atoms with van der Waals surface area (Å²) in [5.41, 5.74) is 1.54. The van der Waals surface area contributed by atoms with Crippen LogP contribution in [0.1, 0.15) is 78.5 Å². The smallest absolute Gasteiger partial charge is 0.408 e. The average molecular weight is 545 g/mol. The monoisotopic (exact) mass is 544 g/mol. The first-order chi connectivity index (χ1) is 18.6. The summed E-state index contributed by atoms with van der Waals surface area (Å²) in [7, 11) is 3.89. The Morgan fingerprint density at radius 3 is 2.72 bits per heavy atom. The number of ether oxygens (including phenoxy) is 4. The van der Waals surface area contributed by atoms with E-state index in [0.29, 0.717) is 19.1 Å². The molecule has 4 aliphatic rings. The summed E-state index contributed by atoms with van der Waals surface area (Å²) in [5, 5.41) is 3.11. The van der Waals surface area contributed by atoms with E-state index in [1.165, 1.54) is 18.4 Å². The van der Waals surface area contributed by atoms with E-state index in [4.69, 9.17) is 18.9 Å². The first kappa shape index (κ1) is 28.6. The molecular formula is C30H48N4O5. The van der Waals surface area contributed by atoms with E-state index in [9.17, 15) is 4.79 Å². The van der Waals surface area contributed by atoms with Crippen LogP contribution in [0.5, 0.6) is 0 Å². The van der Waals surface area contributed by atoms with Crippen molar-refractivity contribution in [3.63, 3.8) is 0 Å². The van der Waals surface area contributed by atoms with Gasteiger partial charge < -0.3 is 33.7 Å². The van der Waals surface area contributed by atoms with Crippen LogP contribution in [0.4, 0.5) is 4.79 Å². The highest BCUT2D eigenvalue weighted by Gasteiger charge is 2.72. The third kappa shape index (κ3) is 5.92. The van der Waals surface area contributed by atoms with Gasteiger partial charge in [-0.2, -0.15) is 0 Å². The molecule has 4 fully saturated rings. The number of hydrogen-bond acceptors (Lipinski definition) is 7. The summed E-state index contributed by atoms with van der Waals surface area (Å²) in [6.07, 6.45) is 10.0.